The average Bonchev–Trinajstić information content (AvgIpc) is 3.03. The fourth-order valence-electron chi connectivity index (χ4n) is 2.65. The van der Waals surface area contributed by atoms with Gasteiger partial charge in [-0.25, -0.2) is 4.79 Å². The highest BCUT2D eigenvalue weighted by atomic mass is 16.2. The number of aryl methyl sites for hydroxylation is 2. The van der Waals surface area contributed by atoms with Crippen LogP contribution in [0, 0.1) is 5.92 Å². The first-order valence-corrected chi connectivity index (χ1v) is 6.77. The van der Waals surface area contributed by atoms with Gasteiger partial charge in [-0.3, -0.25) is 4.68 Å². The van der Waals surface area contributed by atoms with Crippen molar-refractivity contribution in [3.05, 3.63) is 17.5 Å². The van der Waals surface area contributed by atoms with Crippen molar-refractivity contribution < 1.29 is 4.79 Å². The van der Waals surface area contributed by atoms with E-state index in [1.54, 1.807) is 9.58 Å². The molecule has 0 saturated heterocycles. The lowest BCUT2D eigenvalue weighted by atomic mass is 10.0. The number of amidine groups is 1. The molecule has 2 N–H and O–H groups in total. The molecule has 0 radical (unpaired) electrons. The molecule has 1 aromatic heterocycles. The number of urea groups is 1. The van der Waals surface area contributed by atoms with Crippen molar-refractivity contribution in [3.8, 4) is 0 Å². The summed E-state index contributed by atoms with van der Waals surface area (Å²) in [5, 5.41) is 4.43. The highest BCUT2D eigenvalue weighted by molar-refractivity contribution is 6.03. The zero-order valence-corrected chi connectivity index (χ0v) is 11.3. The first kappa shape index (κ1) is 12.2. The standard InChI is InChI=1S/C13H19N5O/c1-3-10-9(7-17(2)16-10)11-12(14)15-13(19)18(11)6-8-4-5-8/h7-8,11H,3-6H2,1-2H3,(H2,14,15,19). The Morgan fingerprint density at radius 1 is 1.47 bits per heavy atom. The van der Waals surface area contributed by atoms with Gasteiger partial charge in [0, 0.05) is 25.4 Å². The number of hydrogen-bond donors (Lipinski definition) is 1. The third-order valence-electron chi connectivity index (χ3n) is 3.78. The summed E-state index contributed by atoms with van der Waals surface area (Å²) in [6, 6.07) is -0.433. The van der Waals surface area contributed by atoms with E-state index in [0.717, 1.165) is 24.2 Å². The molecule has 2 heterocycles. The van der Waals surface area contributed by atoms with Crippen LogP contribution in [0.1, 0.15) is 37.1 Å². The van der Waals surface area contributed by atoms with Crippen LogP contribution in [0.5, 0.6) is 0 Å². The van der Waals surface area contributed by atoms with Crippen LogP contribution in [0.25, 0.3) is 0 Å². The summed E-state index contributed by atoms with van der Waals surface area (Å²) in [4.78, 5) is 17.7. The summed E-state index contributed by atoms with van der Waals surface area (Å²) < 4.78 is 1.78. The predicted molar refractivity (Wildman–Crippen MR) is 71.8 cm³/mol. The quantitative estimate of drug-likeness (QED) is 0.885. The Morgan fingerprint density at radius 3 is 2.84 bits per heavy atom. The van der Waals surface area contributed by atoms with E-state index in [0.29, 0.717) is 11.8 Å². The van der Waals surface area contributed by atoms with Crippen molar-refractivity contribution in [1.29, 1.82) is 0 Å². The van der Waals surface area contributed by atoms with Crippen LogP contribution >= 0.6 is 0 Å². The van der Waals surface area contributed by atoms with Gasteiger partial charge in [-0.2, -0.15) is 10.1 Å². The Hall–Kier alpha value is -1.85. The summed E-state index contributed by atoms with van der Waals surface area (Å²) in [6.45, 7) is 2.81. The fraction of sp³-hybridized carbons (Fsp3) is 0.615. The normalized spacial score (nSPS) is 23.1. The Bertz CT molecular complexity index is 543. The zero-order chi connectivity index (χ0) is 13.6. The number of amides is 2. The van der Waals surface area contributed by atoms with Gasteiger partial charge in [0.1, 0.15) is 11.9 Å². The van der Waals surface area contributed by atoms with E-state index in [2.05, 4.69) is 17.0 Å². The van der Waals surface area contributed by atoms with E-state index < -0.39 is 0 Å². The van der Waals surface area contributed by atoms with E-state index in [-0.39, 0.29) is 12.1 Å². The molecule has 6 heteroatoms. The lowest BCUT2D eigenvalue weighted by molar-refractivity contribution is 0.203. The first-order valence-electron chi connectivity index (χ1n) is 6.77. The van der Waals surface area contributed by atoms with Crippen molar-refractivity contribution in [2.75, 3.05) is 6.54 Å². The van der Waals surface area contributed by atoms with Crippen LogP contribution in [0.2, 0.25) is 0 Å². The van der Waals surface area contributed by atoms with E-state index in [4.69, 9.17) is 5.73 Å². The van der Waals surface area contributed by atoms with Crippen LogP contribution in [0.3, 0.4) is 0 Å². The highest BCUT2D eigenvalue weighted by Gasteiger charge is 2.39. The molecule has 0 aromatic carbocycles. The molecule has 1 aliphatic carbocycles. The molecule has 102 valence electrons. The molecular weight excluding hydrogens is 242 g/mol. The molecule has 1 saturated carbocycles. The molecule has 1 fully saturated rings. The van der Waals surface area contributed by atoms with Gasteiger partial charge < -0.3 is 10.6 Å². The van der Waals surface area contributed by atoms with E-state index in [9.17, 15) is 4.79 Å². The summed E-state index contributed by atoms with van der Waals surface area (Å²) in [5.41, 5.74) is 7.97. The molecule has 19 heavy (non-hydrogen) atoms. The third kappa shape index (κ3) is 2.11. The molecule has 1 aliphatic heterocycles. The Labute approximate surface area is 112 Å². The Balaban J connectivity index is 1.94. The molecule has 2 amide bonds. The van der Waals surface area contributed by atoms with Gasteiger partial charge in [0.2, 0.25) is 0 Å². The van der Waals surface area contributed by atoms with Crippen LogP contribution in [0.15, 0.2) is 11.2 Å². The fourth-order valence-corrected chi connectivity index (χ4v) is 2.65. The minimum absolute atomic E-state index is 0.208. The summed E-state index contributed by atoms with van der Waals surface area (Å²) >= 11 is 0. The number of carbonyl (C=O) groups excluding carboxylic acids is 1. The lowest BCUT2D eigenvalue weighted by Crippen LogP contribution is -2.35. The van der Waals surface area contributed by atoms with Gasteiger partial charge >= 0.3 is 6.03 Å². The molecule has 0 spiro atoms. The molecular formula is C13H19N5O. The van der Waals surface area contributed by atoms with Gasteiger partial charge in [0.15, 0.2) is 0 Å². The lowest BCUT2D eigenvalue weighted by Gasteiger charge is -2.24. The van der Waals surface area contributed by atoms with Gasteiger partial charge in [-0.1, -0.05) is 6.92 Å². The van der Waals surface area contributed by atoms with Gasteiger partial charge in [0.25, 0.3) is 0 Å². The molecule has 6 nitrogen and oxygen atoms in total. The predicted octanol–water partition coefficient (Wildman–Crippen LogP) is 1.23. The van der Waals surface area contributed by atoms with Crippen LogP contribution in [-0.2, 0) is 13.5 Å². The Morgan fingerprint density at radius 2 is 2.21 bits per heavy atom. The molecule has 1 unspecified atom stereocenters. The second kappa shape index (κ2) is 4.36. The number of hydrogen-bond acceptors (Lipinski definition) is 3. The molecule has 2 aliphatic rings. The summed E-state index contributed by atoms with van der Waals surface area (Å²) in [5.74, 6) is 1.02. The summed E-state index contributed by atoms with van der Waals surface area (Å²) in [7, 11) is 1.89. The number of nitrogens with two attached hydrogens (primary N) is 1. The molecule has 1 atom stereocenters. The second-order valence-electron chi connectivity index (χ2n) is 5.38. The van der Waals surface area contributed by atoms with Gasteiger partial charge in [-0.15, -0.1) is 0 Å². The minimum atomic E-state index is -0.225. The topological polar surface area (TPSA) is 76.5 Å². The molecule has 0 bridgehead atoms. The largest absolute Gasteiger partial charge is 0.385 e. The van der Waals surface area contributed by atoms with E-state index >= 15 is 0 Å². The van der Waals surface area contributed by atoms with Crippen molar-refractivity contribution in [2.24, 2.45) is 23.7 Å². The SMILES string of the molecule is CCc1nn(C)cc1C1C(N)=NC(=O)N1CC1CC1. The van der Waals surface area contributed by atoms with Crippen molar-refractivity contribution in [3.63, 3.8) is 0 Å². The number of nitrogens with zero attached hydrogens (tertiary/aromatic N) is 4. The maximum Gasteiger partial charge on any atom is 0.346 e. The first-order chi connectivity index (χ1) is 9.10. The van der Waals surface area contributed by atoms with E-state index in [1.807, 2.05) is 13.2 Å². The second-order valence-corrected chi connectivity index (χ2v) is 5.38. The number of carbonyl (C=O) groups is 1. The average molecular weight is 261 g/mol. The van der Waals surface area contributed by atoms with Gasteiger partial charge in [0.05, 0.1) is 5.69 Å². The Kier molecular flexibility index (Phi) is 2.80. The van der Waals surface area contributed by atoms with E-state index in [1.165, 1.54) is 12.8 Å². The number of rotatable bonds is 4. The zero-order valence-electron chi connectivity index (χ0n) is 11.3. The molecule has 3 rings (SSSR count). The van der Waals surface area contributed by atoms with Crippen LogP contribution < -0.4 is 5.73 Å². The van der Waals surface area contributed by atoms with Crippen LogP contribution in [-0.4, -0.2) is 33.1 Å². The minimum Gasteiger partial charge on any atom is -0.385 e. The van der Waals surface area contributed by atoms with Crippen LogP contribution in [0.4, 0.5) is 4.79 Å². The van der Waals surface area contributed by atoms with Crippen molar-refractivity contribution in [1.82, 2.24) is 14.7 Å². The van der Waals surface area contributed by atoms with Crippen molar-refractivity contribution in [2.45, 2.75) is 32.2 Å². The number of aromatic nitrogens is 2. The monoisotopic (exact) mass is 261 g/mol. The van der Waals surface area contributed by atoms with Gasteiger partial charge in [-0.05, 0) is 25.2 Å². The number of aliphatic imine (C=N–C) groups is 1. The maximum atomic E-state index is 12.0. The maximum absolute atomic E-state index is 12.0. The van der Waals surface area contributed by atoms with Crippen molar-refractivity contribution >= 4 is 11.9 Å². The summed E-state index contributed by atoms with van der Waals surface area (Å²) in [6.07, 6.45) is 5.17. The highest BCUT2D eigenvalue weighted by Crippen LogP contribution is 2.36. The third-order valence-corrected chi connectivity index (χ3v) is 3.78. The molecule has 1 aromatic rings. The smallest absolute Gasteiger partial charge is 0.346 e.